The van der Waals surface area contributed by atoms with Crippen LogP contribution in [0.3, 0.4) is 0 Å². The fourth-order valence-corrected chi connectivity index (χ4v) is 2.18. The molecule has 1 N–H and O–H groups in total. The summed E-state index contributed by atoms with van der Waals surface area (Å²) in [6, 6.07) is 1.48. The molecule has 7 heteroatoms. The molecule has 1 aliphatic heterocycles. The molecule has 0 bridgehead atoms. The number of amides is 1. The van der Waals surface area contributed by atoms with Gasteiger partial charge in [0.15, 0.2) is 0 Å². The highest BCUT2D eigenvalue weighted by atomic mass is 16.6. The molecule has 18 heavy (non-hydrogen) atoms. The van der Waals surface area contributed by atoms with Gasteiger partial charge < -0.3 is 14.8 Å². The lowest BCUT2D eigenvalue weighted by Crippen LogP contribution is -2.39. The number of hydrogen-bond acceptors (Lipinski definition) is 4. The average molecular weight is 252 g/mol. The van der Waals surface area contributed by atoms with Crippen molar-refractivity contribution >= 4 is 11.6 Å². The molecule has 1 aromatic rings. The van der Waals surface area contributed by atoms with Gasteiger partial charge >= 0.3 is 0 Å². The first kappa shape index (κ1) is 12.6. The topological polar surface area (TPSA) is 80.4 Å². The number of hydrogen-bond donors (Lipinski definition) is 1. The number of nitrogens with zero attached hydrogens (tertiary/aromatic N) is 3. The summed E-state index contributed by atoms with van der Waals surface area (Å²) in [6.07, 6.45) is 2.27. The molecule has 0 spiro atoms. The van der Waals surface area contributed by atoms with Crippen molar-refractivity contribution in [3.8, 4) is 0 Å². The SMILES string of the molecule is CN(C(=O)c1cc([N+](=O)[O-])cn1C)C1CCNC1. The molecular weight excluding hydrogens is 236 g/mol. The van der Waals surface area contributed by atoms with Gasteiger partial charge in [-0.15, -0.1) is 0 Å². The predicted molar refractivity (Wildman–Crippen MR) is 65.4 cm³/mol. The van der Waals surface area contributed by atoms with E-state index in [4.69, 9.17) is 0 Å². The van der Waals surface area contributed by atoms with Crippen molar-refractivity contribution in [2.45, 2.75) is 12.5 Å². The summed E-state index contributed by atoms with van der Waals surface area (Å²) in [5, 5.41) is 13.9. The summed E-state index contributed by atoms with van der Waals surface area (Å²) in [7, 11) is 3.37. The number of aromatic nitrogens is 1. The van der Waals surface area contributed by atoms with Gasteiger partial charge in [-0.2, -0.15) is 0 Å². The summed E-state index contributed by atoms with van der Waals surface area (Å²) < 4.78 is 1.50. The third kappa shape index (κ3) is 2.21. The van der Waals surface area contributed by atoms with Crippen LogP contribution in [0.15, 0.2) is 12.3 Å². The minimum Gasteiger partial charge on any atom is -0.340 e. The van der Waals surface area contributed by atoms with Gasteiger partial charge in [-0.05, 0) is 13.0 Å². The molecule has 0 radical (unpaired) electrons. The molecule has 1 unspecified atom stereocenters. The maximum absolute atomic E-state index is 12.2. The molecule has 2 heterocycles. The first-order valence-corrected chi connectivity index (χ1v) is 5.79. The monoisotopic (exact) mass is 252 g/mol. The Morgan fingerprint density at radius 2 is 2.39 bits per heavy atom. The molecule has 1 saturated heterocycles. The maximum atomic E-state index is 12.2. The van der Waals surface area contributed by atoms with Crippen LogP contribution < -0.4 is 5.32 Å². The number of likely N-dealkylation sites (N-methyl/N-ethyl adjacent to an activating group) is 1. The number of carbonyl (C=O) groups excluding carboxylic acids is 1. The molecule has 0 saturated carbocycles. The summed E-state index contributed by atoms with van der Waals surface area (Å²) in [4.78, 5) is 24.1. The van der Waals surface area contributed by atoms with E-state index in [2.05, 4.69) is 5.32 Å². The van der Waals surface area contributed by atoms with Crippen molar-refractivity contribution < 1.29 is 9.72 Å². The zero-order valence-electron chi connectivity index (χ0n) is 10.4. The first-order valence-electron chi connectivity index (χ1n) is 5.79. The van der Waals surface area contributed by atoms with Crippen LogP contribution in [-0.4, -0.2) is 46.5 Å². The number of nitrogens with one attached hydrogen (secondary N) is 1. The Hall–Kier alpha value is -1.89. The number of nitro groups is 1. The lowest BCUT2D eigenvalue weighted by Gasteiger charge is -2.23. The molecule has 0 aliphatic carbocycles. The Morgan fingerprint density at radius 1 is 1.67 bits per heavy atom. The minimum absolute atomic E-state index is 0.0567. The van der Waals surface area contributed by atoms with Gasteiger partial charge in [0.1, 0.15) is 5.69 Å². The van der Waals surface area contributed by atoms with Gasteiger partial charge in [-0.25, -0.2) is 0 Å². The fourth-order valence-electron chi connectivity index (χ4n) is 2.18. The van der Waals surface area contributed by atoms with E-state index in [-0.39, 0.29) is 17.6 Å². The van der Waals surface area contributed by atoms with Crippen LogP contribution >= 0.6 is 0 Å². The zero-order valence-corrected chi connectivity index (χ0v) is 10.4. The van der Waals surface area contributed by atoms with E-state index in [1.807, 2.05) is 0 Å². The van der Waals surface area contributed by atoms with Crippen molar-refractivity contribution in [3.63, 3.8) is 0 Å². The summed E-state index contributed by atoms with van der Waals surface area (Å²) in [5.74, 6) is -0.181. The highest BCUT2D eigenvalue weighted by Crippen LogP contribution is 2.18. The van der Waals surface area contributed by atoms with Gasteiger partial charge in [0.05, 0.1) is 11.1 Å². The van der Waals surface area contributed by atoms with Crippen LogP contribution in [0.25, 0.3) is 0 Å². The number of carbonyl (C=O) groups is 1. The van der Waals surface area contributed by atoms with Crippen molar-refractivity contribution in [3.05, 3.63) is 28.1 Å². The summed E-state index contributed by atoms with van der Waals surface area (Å²) >= 11 is 0. The Morgan fingerprint density at radius 3 is 2.89 bits per heavy atom. The van der Waals surface area contributed by atoms with Crippen LogP contribution in [0.2, 0.25) is 0 Å². The van der Waals surface area contributed by atoms with E-state index >= 15 is 0 Å². The number of aryl methyl sites for hydroxylation is 1. The van der Waals surface area contributed by atoms with Gasteiger partial charge in [0, 0.05) is 32.7 Å². The minimum atomic E-state index is -0.492. The normalized spacial score (nSPS) is 18.9. The van der Waals surface area contributed by atoms with Crippen molar-refractivity contribution in [1.29, 1.82) is 0 Å². The molecule has 1 fully saturated rings. The van der Waals surface area contributed by atoms with Gasteiger partial charge in [-0.3, -0.25) is 14.9 Å². The Labute approximate surface area is 105 Å². The lowest BCUT2D eigenvalue weighted by atomic mass is 10.2. The smallest absolute Gasteiger partial charge is 0.287 e. The third-order valence-electron chi connectivity index (χ3n) is 3.32. The highest BCUT2D eigenvalue weighted by molar-refractivity contribution is 5.93. The highest BCUT2D eigenvalue weighted by Gasteiger charge is 2.27. The van der Waals surface area contributed by atoms with Gasteiger partial charge in [0.2, 0.25) is 0 Å². The molecule has 1 atom stereocenters. The largest absolute Gasteiger partial charge is 0.340 e. The van der Waals surface area contributed by atoms with E-state index in [1.54, 1.807) is 19.0 Å². The zero-order chi connectivity index (χ0) is 13.3. The van der Waals surface area contributed by atoms with E-state index in [9.17, 15) is 14.9 Å². The second-order valence-electron chi connectivity index (χ2n) is 4.51. The van der Waals surface area contributed by atoms with E-state index in [0.29, 0.717) is 5.69 Å². The second kappa shape index (κ2) is 4.77. The Bertz CT molecular complexity index is 477. The average Bonchev–Trinajstić information content (AvgIpc) is 2.95. The molecule has 1 aliphatic rings. The predicted octanol–water partition coefficient (Wildman–Crippen LogP) is 0.367. The van der Waals surface area contributed by atoms with Crippen molar-refractivity contribution in [2.24, 2.45) is 7.05 Å². The third-order valence-corrected chi connectivity index (χ3v) is 3.32. The van der Waals surface area contributed by atoms with E-state index < -0.39 is 4.92 Å². The lowest BCUT2D eigenvalue weighted by molar-refractivity contribution is -0.384. The van der Waals surface area contributed by atoms with Gasteiger partial charge in [0.25, 0.3) is 11.6 Å². The fraction of sp³-hybridized carbons (Fsp3) is 0.545. The second-order valence-corrected chi connectivity index (χ2v) is 4.51. The maximum Gasteiger partial charge on any atom is 0.287 e. The van der Waals surface area contributed by atoms with Crippen LogP contribution in [-0.2, 0) is 7.05 Å². The molecule has 0 aromatic carbocycles. The Kier molecular flexibility index (Phi) is 3.33. The molecule has 7 nitrogen and oxygen atoms in total. The van der Waals surface area contributed by atoms with Crippen LogP contribution in [0.1, 0.15) is 16.9 Å². The molecule has 2 rings (SSSR count). The van der Waals surface area contributed by atoms with Gasteiger partial charge in [-0.1, -0.05) is 0 Å². The van der Waals surface area contributed by atoms with Crippen LogP contribution in [0.5, 0.6) is 0 Å². The summed E-state index contributed by atoms with van der Waals surface area (Å²) in [6.45, 7) is 1.67. The van der Waals surface area contributed by atoms with Crippen molar-refractivity contribution in [1.82, 2.24) is 14.8 Å². The summed E-state index contributed by atoms with van der Waals surface area (Å²) in [5.41, 5.74) is 0.287. The number of rotatable bonds is 3. The molecule has 98 valence electrons. The molecule has 1 amide bonds. The standard InChI is InChI=1S/C11H16N4O3/c1-13-7-9(15(17)18)5-10(13)11(16)14(2)8-3-4-12-6-8/h5,7-8,12H,3-4,6H2,1-2H3. The Balaban J connectivity index is 2.19. The van der Waals surface area contributed by atoms with Crippen molar-refractivity contribution in [2.75, 3.05) is 20.1 Å². The quantitative estimate of drug-likeness (QED) is 0.622. The first-order chi connectivity index (χ1) is 8.50. The van der Waals surface area contributed by atoms with E-state index in [1.165, 1.54) is 16.8 Å². The van der Waals surface area contributed by atoms with E-state index in [0.717, 1.165) is 19.5 Å². The van der Waals surface area contributed by atoms with Crippen LogP contribution in [0.4, 0.5) is 5.69 Å². The molecular formula is C11H16N4O3. The molecule has 1 aromatic heterocycles. The van der Waals surface area contributed by atoms with Crippen LogP contribution in [0, 0.1) is 10.1 Å².